The predicted molar refractivity (Wildman–Crippen MR) is 177 cm³/mol. The van der Waals surface area contributed by atoms with Gasteiger partial charge in [-0.25, -0.2) is 4.57 Å². The zero-order valence-corrected chi connectivity index (χ0v) is 26.4. The maximum Gasteiger partial charge on any atom is 0.299 e. The molecule has 5 nitrogen and oxygen atoms in total. The van der Waals surface area contributed by atoms with E-state index in [1.54, 1.807) is 0 Å². The van der Waals surface area contributed by atoms with Gasteiger partial charge in [0.1, 0.15) is 16.8 Å². The number of furan rings is 1. The average Bonchev–Trinajstić information content (AvgIpc) is 3.49. The monoisotopic (exact) mass is 567 g/mol. The lowest BCUT2D eigenvalue weighted by molar-refractivity contribution is -0.633. The topological polar surface area (TPSA) is 47.7 Å². The molecule has 5 heteroatoms. The van der Waals surface area contributed by atoms with E-state index < -0.39 is 0 Å². The molecule has 0 saturated carbocycles. The van der Waals surface area contributed by atoms with E-state index in [0.717, 1.165) is 49.9 Å². The number of aromatic nitrogens is 4. The fraction of sp³-hybridized carbons (Fsp3) is 0.289. The van der Waals surface area contributed by atoms with Crippen molar-refractivity contribution in [3.8, 4) is 17.1 Å². The maximum absolute atomic E-state index is 6.81. The van der Waals surface area contributed by atoms with Crippen LogP contribution in [0, 0.1) is 6.92 Å². The van der Waals surface area contributed by atoms with E-state index in [1.165, 1.54) is 33.4 Å². The van der Waals surface area contributed by atoms with Crippen molar-refractivity contribution < 1.29 is 8.98 Å². The summed E-state index contributed by atoms with van der Waals surface area (Å²) < 4.78 is 11.6. The Labute approximate surface area is 252 Å². The highest BCUT2D eigenvalue weighted by molar-refractivity contribution is 6.13. The van der Waals surface area contributed by atoms with Crippen LogP contribution in [0.2, 0.25) is 0 Å². The molecule has 216 valence electrons. The Balaban J connectivity index is 1.62. The molecule has 0 aliphatic carbocycles. The Morgan fingerprint density at radius 1 is 0.744 bits per heavy atom. The zero-order chi connectivity index (χ0) is 30.2. The number of aryl methyl sites for hydroxylation is 2. The van der Waals surface area contributed by atoms with Gasteiger partial charge in [0.15, 0.2) is 16.6 Å². The normalized spacial score (nSPS) is 12.3. The third-order valence-corrected chi connectivity index (χ3v) is 8.97. The molecule has 7 rings (SSSR count). The summed E-state index contributed by atoms with van der Waals surface area (Å²) in [4.78, 5) is 0. The Kier molecular flexibility index (Phi) is 6.39. The first kappa shape index (κ1) is 27.3. The summed E-state index contributed by atoms with van der Waals surface area (Å²) in [6.45, 7) is 15.7. The van der Waals surface area contributed by atoms with Gasteiger partial charge in [0.2, 0.25) is 0 Å². The summed E-state index contributed by atoms with van der Waals surface area (Å²) in [6, 6.07) is 26.4. The lowest BCUT2D eigenvalue weighted by Gasteiger charge is -2.18. The summed E-state index contributed by atoms with van der Waals surface area (Å²) in [5.74, 6) is 2.15. The molecule has 0 aliphatic heterocycles. The highest BCUT2D eigenvalue weighted by Crippen LogP contribution is 2.42. The molecule has 7 aromatic rings. The van der Waals surface area contributed by atoms with E-state index in [9.17, 15) is 0 Å². The number of rotatable bonds is 5. The minimum atomic E-state index is 0.314. The Morgan fingerprint density at radius 3 is 2.16 bits per heavy atom. The zero-order valence-electron chi connectivity index (χ0n) is 26.4. The van der Waals surface area contributed by atoms with Crippen LogP contribution in [0.15, 0.2) is 77.2 Å². The number of para-hydroxylation sites is 3. The molecular weight excluding hydrogens is 528 g/mol. The van der Waals surface area contributed by atoms with Crippen molar-refractivity contribution in [2.75, 3.05) is 0 Å². The van der Waals surface area contributed by atoms with E-state index in [1.807, 2.05) is 6.07 Å². The average molecular weight is 568 g/mol. The third kappa shape index (κ3) is 4.16. The van der Waals surface area contributed by atoms with Crippen LogP contribution in [0.3, 0.4) is 0 Å². The Bertz CT molecular complexity index is 2170. The Morgan fingerprint density at radius 2 is 1.47 bits per heavy atom. The molecule has 0 fully saturated rings. The fourth-order valence-corrected chi connectivity index (χ4v) is 6.64. The van der Waals surface area contributed by atoms with Crippen LogP contribution in [0.5, 0.6) is 0 Å². The van der Waals surface area contributed by atoms with Crippen molar-refractivity contribution in [2.24, 2.45) is 7.05 Å². The summed E-state index contributed by atoms with van der Waals surface area (Å²) >= 11 is 0. The van der Waals surface area contributed by atoms with Gasteiger partial charge in [0.05, 0.1) is 18.3 Å². The van der Waals surface area contributed by atoms with Crippen LogP contribution < -0.4 is 4.57 Å². The molecule has 0 radical (unpaired) electrons. The van der Waals surface area contributed by atoms with Crippen molar-refractivity contribution in [1.29, 1.82) is 0 Å². The van der Waals surface area contributed by atoms with Gasteiger partial charge in [-0.3, -0.25) is 0 Å². The van der Waals surface area contributed by atoms with E-state index in [4.69, 9.17) is 4.42 Å². The molecule has 0 amide bonds. The first-order valence-electron chi connectivity index (χ1n) is 15.4. The summed E-state index contributed by atoms with van der Waals surface area (Å²) in [5, 5.41) is 12.3. The van der Waals surface area contributed by atoms with E-state index in [0.29, 0.717) is 17.8 Å². The van der Waals surface area contributed by atoms with Gasteiger partial charge in [0.25, 0.3) is 5.82 Å². The van der Waals surface area contributed by atoms with Gasteiger partial charge in [0, 0.05) is 33.4 Å². The van der Waals surface area contributed by atoms with Gasteiger partial charge >= 0.3 is 0 Å². The molecule has 0 spiro atoms. The highest BCUT2D eigenvalue weighted by Gasteiger charge is 2.33. The van der Waals surface area contributed by atoms with Gasteiger partial charge < -0.3 is 4.42 Å². The third-order valence-electron chi connectivity index (χ3n) is 8.97. The number of hydrogen-bond donors (Lipinski definition) is 0. The van der Waals surface area contributed by atoms with Crippen LogP contribution in [0.25, 0.3) is 61.0 Å². The number of benzene rings is 4. The first-order valence-corrected chi connectivity index (χ1v) is 15.4. The molecule has 3 heterocycles. The van der Waals surface area contributed by atoms with Crippen molar-refractivity contribution in [3.63, 3.8) is 0 Å². The predicted octanol–water partition coefficient (Wildman–Crippen LogP) is 9.64. The molecule has 0 bridgehead atoms. The second-order valence-corrected chi connectivity index (χ2v) is 12.9. The first-order chi connectivity index (χ1) is 20.7. The summed E-state index contributed by atoms with van der Waals surface area (Å²) in [7, 11) is 2.18. The minimum absolute atomic E-state index is 0.314. The second kappa shape index (κ2) is 10.0. The molecule has 0 unspecified atom stereocenters. The van der Waals surface area contributed by atoms with Gasteiger partial charge in [-0.15, -0.1) is 0 Å². The lowest BCUT2D eigenvalue weighted by atomic mass is 9.92. The highest BCUT2D eigenvalue weighted by atomic mass is 16.3. The van der Waals surface area contributed by atoms with E-state index in [2.05, 4.69) is 142 Å². The number of nitrogens with zero attached hydrogens (tertiary/aromatic N) is 4. The van der Waals surface area contributed by atoms with E-state index >= 15 is 0 Å². The number of imidazole rings is 1. The number of hydrogen-bond acceptors (Lipinski definition) is 3. The van der Waals surface area contributed by atoms with Crippen LogP contribution in [0.1, 0.15) is 81.7 Å². The molecule has 0 saturated heterocycles. The maximum atomic E-state index is 6.81. The molecule has 0 N–H and O–H groups in total. The van der Waals surface area contributed by atoms with Gasteiger partial charge in [-0.1, -0.05) is 84.0 Å². The van der Waals surface area contributed by atoms with Crippen LogP contribution >= 0.6 is 0 Å². The van der Waals surface area contributed by atoms with Gasteiger partial charge in [-0.05, 0) is 54.5 Å². The summed E-state index contributed by atoms with van der Waals surface area (Å²) in [5.41, 5.74) is 12.2. The van der Waals surface area contributed by atoms with Crippen molar-refractivity contribution in [2.45, 2.75) is 66.2 Å². The smallest absolute Gasteiger partial charge is 0.299 e. The SMILES string of the molecule is Cc1ccc2c(oc3cc4nnc(C(C)C)cc4cc32)c1-c1n(-c2c(C(C)C)cccc2C(C)C)c2ccccc2[n+]1C. The fourth-order valence-electron chi connectivity index (χ4n) is 6.64. The van der Waals surface area contributed by atoms with Crippen LogP contribution in [-0.2, 0) is 7.05 Å². The molecule has 3 aromatic heterocycles. The van der Waals surface area contributed by atoms with Crippen molar-refractivity contribution in [1.82, 2.24) is 14.8 Å². The summed E-state index contributed by atoms with van der Waals surface area (Å²) in [6.07, 6.45) is 0. The number of fused-ring (bicyclic) bond motifs is 5. The van der Waals surface area contributed by atoms with Crippen molar-refractivity contribution >= 4 is 43.9 Å². The second-order valence-electron chi connectivity index (χ2n) is 12.9. The molecule has 0 atom stereocenters. The van der Waals surface area contributed by atoms with Gasteiger partial charge in [-0.2, -0.15) is 14.8 Å². The molecule has 4 aromatic carbocycles. The molecular formula is C38H39N4O+. The minimum Gasteiger partial charge on any atom is -0.455 e. The molecule has 0 aliphatic rings. The van der Waals surface area contributed by atoms with E-state index in [-0.39, 0.29) is 0 Å². The quantitative estimate of drug-likeness (QED) is 0.195. The largest absolute Gasteiger partial charge is 0.455 e. The van der Waals surface area contributed by atoms with Crippen LogP contribution in [-0.4, -0.2) is 14.8 Å². The Hall–Kier alpha value is -4.51. The standard InChI is InChI=1S/C38H39N4O/c1-21(2)26-12-11-13-27(22(3)4)36(26)42-33-15-10-9-14-32(33)41(8)38(42)35-24(7)16-17-28-29-18-25-19-30(23(5)6)39-40-31(25)20-34(29)43-37(28)35/h9-23H,1-8H3/q+1. The van der Waals surface area contributed by atoms with Crippen LogP contribution in [0.4, 0.5) is 0 Å². The van der Waals surface area contributed by atoms with Crippen molar-refractivity contribution in [3.05, 3.63) is 95.2 Å². The molecule has 43 heavy (non-hydrogen) atoms. The lowest BCUT2D eigenvalue weighted by Crippen LogP contribution is -2.30.